The van der Waals surface area contributed by atoms with E-state index in [0.717, 1.165) is 13.2 Å². The van der Waals surface area contributed by atoms with Gasteiger partial charge in [-0.15, -0.1) is 13.2 Å². The number of methoxy groups -OCH3 is 1. The first-order valence-electron chi connectivity index (χ1n) is 3.99. The molecule has 1 rings (SSSR count). The molecule has 0 aliphatic heterocycles. The predicted molar refractivity (Wildman–Crippen MR) is 52.9 cm³/mol. The fraction of sp³-hybridized carbons (Fsp3) is 0.375. The first-order chi connectivity index (χ1) is 7.37. The zero-order valence-electron chi connectivity index (χ0n) is 8.02. The normalized spacial score (nSPS) is 11.3. The molecule has 1 aromatic heterocycles. The van der Waals surface area contributed by atoms with E-state index in [1.807, 2.05) is 0 Å². The van der Waals surface area contributed by atoms with E-state index in [1.54, 1.807) is 0 Å². The van der Waals surface area contributed by atoms with Gasteiger partial charge in [0.1, 0.15) is 0 Å². The van der Waals surface area contributed by atoms with Crippen LogP contribution in [0.1, 0.15) is 5.69 Å². The molecule has 1 aromatic rings. The van der Waals surface area contributed by atoms with Crippen LogP contribution < -0.4 is 14.9 Å². The number of ether oxygens (including phenoxy) is 2. The Kier molecular flexibility index (Phi) is 3.84. The van der Waals surface area contributed by atoms with E-state index in [0.29, 0.717) is 5.69 Å². The Labute approximate surface area is 96.5 Å². The molecule has 90 valence electrons. The molecule has 0 aromatic carbocycles. The Hall–Kier alpha value is -1.18. The first kappa shape index (κ1) is 12.9. The molecule has 0 aliphatic carbocycles. The number of aromatic nitrogens is 1. The quantitative estimate of drug-likeness (QED) is 0.871. The number of hydrogen-bond donors (Lipinski definition) is 1. The Bertz CT molecular complexity index is 430. The van der Waals surface area contributed by atoms with Crippen LogP contribution in [0.25, 0.3) is 0 Å². The van der Waals surface area contributed by atoms with E-state index in [1.165, 1.54) is 0 Å². The van der Waals surface area contributed by atoms with E-state index in [-0.39, 0.29) is 11.2 Å². The van der Waals surface area contributed by atoms with Gasteiger partial charge in [0.15, 0.2) is 0 Å². The number of pyridine rings is 1. The number of alkyl halides is 4. The molecular weight excluding hydrogens is 295 g/mol. The number of aromatic amines is 1. The third-order valence-electron chi connectivity index (χ3n) is 1.58. The lowest BCUT2D eigenvalue weighted by Gasteiger charge is -2.12. The van der Waals surface area contributed by atoms with Crippen molar-refractivity contribution in [3.05, 3.63) is 22.0 Å². The van der Waals surface area contributed by atoms with Gasteiger partial charge < -0.3 is 14.5 Å². The average Bonchev–Trinajstić information content (AvgIpc) is 2.19. The molecule has 0 bridgehead atoms. The molecule has 0 unspecified atom stereocenters. The van der Waals surface area contributed by atoms with E-state index >= 15 is 0 Å². The van der Waals surface area contributed by atoms with Gasteiger partial charge in [0.25, 0.3) is 0 Å². The van der Waals surface area contributed by atoms with Gasteiger partial charge in [0.2, 0.25) is 17.1 Å². The molecule has 0 saturated heterocycles. The molecule has 0 fully saturated rings. The number of hydrogen-bond acceptors (Lipinski definition) is 3. The second-order valence-corrected chi connectivity index (χ2v) is 3.26. The summed E-state index contributed by atoms with van der Waals surface area (Å²) in [5, 5.41) is 0.283. The molecular formula is C8H7BrF3NO3. The lowest BCUT2D eigenvalue weighted by Crippen LogP contribution is -2.22. The maximum Gasteiger partial charge on any atom is 0.573 e. The van der Waals surface area contributed by atoms with Crippen molar-refractivity contribution in [1.82, 2.24) is 4.98 Å². The Morgan fingerprint density at radius 1 is 1.50 bits per heavy atom. The van der Waals surface area contributed by atoms with E-state index < -0.39 is 17.5 Å². The number of halogens is 4. The van der Waals surface area contributed by atoms with Crippen molar-refractivity contribution in [2.75, 3.05) is 7.11 Å². The van der Waals surface area contributed by atoms with Crippen LogP contribution in [0.4, 0.5) is 13.2 Å². The third-order valence-corrected chi connectivity index (χ3v) is 2.18. The van der Waals surface area contributed by atoms with Crippen LogP contribution in [0.2, 0.25) is 0 Å². The summed E-state index contributed by atoms with van der Waals surface area (Å²) in [4.78, 5) is 13.8. The van der Waals surface area contributed by atoms with Crippen LogP contribution in [-0.4, -0.2) is 18.5 Å². The summed E-state index contributed by atoms with van der Waals surface area (Å²) >= 11 is 3.05. The molecule has 0 amide bonds. The topological polar surface area (TPSA) is 51.3 Å². The fourth-order valence-electron chi connectivity index (χ4n) is 1.00. The fourth-order valence-corrected chi connectivity index (χ4v) is 1.30. The molecule has 0 spiro atoms. The molecule has 0 radical (unpaired) electrons. The summed E-state index contributed by atoms with van der Waals surface area (Å²) in [6.45, 7) is 0. The maximum absolute atomic E-state index is 12.0. The minimum atomic E-state index is -4.93. The van der Waals surface area contributed by atoms with Crippen LogP contribution in [-0.2, 0) is 5.33 Å². The van der Waals surface area contributed by atoms with Gasteiger partial charge in [-0.3, -0.25) is 4.79 Å². The van der Waals surface area contributed by atoms with Gasteiger partial charge in [-0.2, -0.15) is 0 Å². The Morgan fingerprint density at radius 2 is 2.12 bits per heavy atom. The van der Waals surface area contributed by atoms with Crippen molar-refractivity contribution in [1.29, 1.82) is 0 Å². The van der Waals surface area contributed by atoms with Crippen LogP contribution in [0.5, 0.6) is 11.6 Å². The zero-order valence-corrected chi connectivity index (χ0v) is 9.61. The summed E-state index contributed by atoms with van der Waals surface area (Å²) in [5.41, 5.74) is -0.515. The minimum Gasteiger partial charge on any atom is -0.480 e. The summed E-state index contributed by atoms with van der Waals surface area (Å²) in [6, 6.07) is 0.998. The maximum atomic E-state index is 12.0. The smallest absolute Gasteiger partial charge is 0.480 e. The lowest BCUT2D eigenvalue weighted by molar-refractivity contribution is -0.275. The van der Waals surface area contributed by atoms with Gasteiger partial charge in [-0.05, 0) is 0 Å². The molecule has 4 nitrogen and oxygen atoms in total. The third kappa shape index (κ3) is 3.16. The van der Waals surface area contributed by atoms with Gasteiger partial charge in [0, 0.05) is 17.1 Å². The first-order valence-corrected chi connectivity index (χ1v) is 5.11. The van der Waals surface area contributed by atoms with Gasteiger partial charge >= 0.3 is 6.36 Å². The molecule has 16 heavy (non-hydrogen) atoms. The lowest BCUT2D eigenvalue weighted by atomic mass is 10.3. The largest absolute Gasteiger partial charge is 0.573 e. The van der Waals surface area contributed by atoms with Crippen molar-refractivity contribution in [3.8, 4) is 11.6 Å². The number of H-pyrrole nitrogens is 1. The molecule has 0 atom stereocenters. The van der Waals surface area contributed by atoms with Crippen molar-refractivity contribution in [2.24, 2.45) is 0 Å². The van der Waals surface area contributed by atoms with Crippen molar-refractivity contribution in [3.63, 3.8) is 0 Å². The highest BCUT2D eigenvalue weighted by Crippen LogP contribution is 2.27. The monoisotopic (exact) mass is 301 g/mol. The predicted octanol–water partition coefficient (Wildman–Crippen LogP) is 2.18. The standard InChI is InChI=1S/C8H7BrF3NO3/c1-15-7-6(16-8(10,11)12)5(14)2-4(3-9)13-7/h2H,3H2,1H3,(H,13,14). The highest BCUT2D eigenvalue weighted by Gasteiger charge is 2.34. The summed E-state index contributed by atoms with van der Waals surface area (Å²) in [5.74, 6) is -1.26. The highest BCUT2D eigenvalue weighted by atomic mass is 79.9. The second kappa shape index (κ2) is 4.77. The molecule has 0 saturated carbocycles. The zero-order chi connectivity index (χ0) is 12.3. The average molecular weight is 302 g/mol. The van der Waals surface area contributed by atoms with E-state index in [9.17, 15) is 18.0 Å². The van der Waals surface area contributed by atoms with E-state index in [2.05, 4.69) is 30.4 Å². The van der Waals surface area contributed by atoms with Gasteiger partial charge in [-0.25, -0.2) is 0 Å². The Balaban J connectivity index is 3.22. The van der Waals surface area contributed by atoms with Crippen LogP contribution in [0.3, 0.4) is 0 Å². The summed E-state index contributed by atoms with van der Waals surface area (Å²) in [6.07, 6.45) is -4.93. The Morgan fingerprint density at radius 3 is 2.56 bits per heavy atom. The van der Waals surface area contributed by atoms with Gasteiger partial charge in [-0.1, -0.05) is 15.9 Å². The summed E-state index contributed by atoms with van der Waals surface area (Å²) in [7, 11) is 1.13. The van der Waals surface area contributed by atoms with E-state index in [4.69, 9.17) is 0 Å². The van der Waals surface area contributed by atoms with Crippen LogP contribution >= 0.6 is 15.9 Å². The van der Waals surface area contributed by atoms with Crippen LogP contribution in [0.15, 0.2) is 10.9 Å². The summed E-state index contributed by atoms with van der Waals surface area (Å²) < 4.78 is 44.1. The van der Waals surface area contributed by atoms with Crippen LogP contribution in [0, 0.1) is 0 Å². The molecule has 1 heterocycles. The minimum absolute atomic E-state index is 0.283. The number of rotatable bonds is 3. The number of nitrogens with one attached hydrogen (secondary N) is 1. The highest BCUT2D eigenvalue weighted by molar-refractivity contribution is 9.08. The molecule has 8 heteroatoms. The van der Waals surface area contributed by atoms with Crippen molar-refractivity contribution >= 4 is 15.9 Å². The SMILES string of the molecule is COc1[nH]c(CBr)cc(=O)c1OC(F)(F)F. The second-order valence-electron chi connectivity index (χ2n) is 2.70. The molecule has 1 N–H and O–H groups in total. The van der Waals surface area contributed by atoms with Gasteiger partial charge in [0.05, 0.1) is 7.11 Å². The van der Waals surface area contributed by atoms with Crippen molar-refractivity contribution in [2.45, 2.75) is 11.7 Å². The molecule has 0 aliphatic rings. The van der Waals surface area contributed by atoms with Crippen molar-refractivity contribution < 1.29 is 22.6 Å².